The minimum absolute atomic E-state index is 0.152. The van der Waals surface area contributed by atoms with E-state index in [0.29, 0.717) is 35.7 Å². The molecule has 0 unspecified atom stereocenters. The van der Waals surface area contributed by atoms with E-state index in [1.807, 2.05) is 49.4 Å². The van der Waals surface area contributed by atoms with Crippen LogP contribution in [-0.4, -0.2) is 42.5 Å². The second-order valence-electron chi connectivity index (χ2n) is 6.85. The number of hydrogen-bond acceptors (Lipinski definition) is 5. The van der Waals surface area contributed by atoms with Crippen LogP contribution in [0.3, 0.4) is 0 Å². The molecule has 0 saturated heterocycles. The summed E-state index contributed by atoms with van der Waals surface area (Å²) in [6, 6.07) is 15.2. The maximum Gasteiger partial charge on any atom is 0.305 e. The summed E-state index contributed by atoms with van der Waals surface area (Å²) >= 11 is 0. The molecular weight excluding hydrogens is 368 g/mol. The van der Waals surface area contributed by atoms with Crippen molar-refractivity contribution in [3.05, 3.63) is 65.9 Å². The maximum absolute atomic E-state index is 12.9. The fourth-order valence-electron chi connectivity index (χ4n) is 2.98. The molecule has 2 aromatic carbocycles. The van der Waals surface area contributed by atoms with Crippen LogP contribution in [0.15, 0.2) is 59.1 Å². The minimum atomic E-state index is -0.283. The smallest absolute Gasteiger partial charge is 0.305 e. The number of carbonyl (C=O) groups is 2. The summed E-state index contributed by atoms with van der Waals surface area (Å²) in [5.41, 5.74) is 3.24. The Hall–Kier alpha value is -3.41. The molecule has 0 aliphatic heterocycles. The number of amides is 1. The van der Waals surface area contributed by atoms with Crippen LogP contribution in [-0.2, 0) is 9.53 Å². The summed E-state index contributed by atoms with van der Waals surface area (Å²) < 4.78 is 10.6. The summed E-state index contributed by atoms with van der Waals surface area (Å²) in [5, 5.41) is 0. The van der Waals surface area contributed by atoms with Crippen molar-refractivity contribution in [1.82, 2.24) is 9.88 Å². The summed E-state index contributed by atoms with van der Waals surface area (Å²) in [5.74, 6) is 0.608. The first kappa shape index (κ1) is 20.3. The van der Waals surface area contributed by atoms with Gasteiger partial charge in [-0.2, -0.15) is 0 Å². The van der Waals surface area contributed by atoms with Crippen molar-refractivity contribution in [3.63, 3.8) is 0 Å². The molecule has 0 radical (unpaired) electrons. The van der Waals surface area contributed by atoms with Crippen LogP contribution in [0.25, 0.3) is 22.8 Å². The van der Waals surface area contributed by atoms with E-state index in [4.69, 9.17) is 4.42 Å². The molecule has 3 rings (SSSR count). The molecule has 1 aromatic heterocycles. The minimum Gasteiger partial charge on any atom is -0.469 e. The zero-order chi connectivity index (χ0) is 20.8. The Morgan fingerprint density at radius 3 is 2.55 bits per heavy atom. The Balaban J connectivity index is 1.79. The van der Waals surface area contributed by atoms with Crippen LogP contribution in [0.4, 0.5) is 0 Å². The molecule has 0 N–H and O–H groups in total. The first-order valence-corrected chi connectivity index (χ1v) is 9.44. The lowest BCUT2D eigenvalue weighted by molar-refractivity contribution is -0.140. The molecule has 1 amide bonds. The third-order valence-corrected chi connectivity index (χ3v) is 4.68. The van der Waals surface area contributed by atoms with Gasteiger partial charge < -0.3 is 14.1 Å². The lowest BCUT2D eigenvalue weighted by Gasteiger charge is -2.18. The summed E-state index contributed by atoms with van der Waals surface area (Å²) in [6.45, 7) is 2.47. The van der Waals surface area contributed by atoms with E-state index in [2.05, 4.69) is 9.72 Å². The lowest BCUT2D eigenvalue weighted by Crippen LogP contribution is -2.28. The number of nitrogens with zero attached hydrogens (tertiary/aromatic N) is 2. The molecule has 0 atom stereocenters. The van der Waals surface area contributed by atoms with Crippen molar-refractivity contribution >= 4 is 11.9 Å². The fourth-order valence-corrected chi connectivity index (χ4v) is 2.98. The zero-order valence-corrected chi connectivity index (χ0v) is 16.8. The second-order valence-corrected chi connectivity index (χ2v) is 6.85. The highest BCUT2D eigenvalue weighted by molar-refractivity contribution is 5.99. The largest absolute Gasteiger partial charge is 0.469 e. The number of oxazole rings is 1. The number of rotatable bonds is 7. The van der Waals surface area contributed by atoms with Crippen molar-refractivity contribution in [3.8, 4) is 22.8 Å². The normalized spacial score (nSPS) is 10.6. The molecule has 6 heteroatoms. The molecule has 0 spiro atoms. The number of benzene rings is 2. The molecule has 0 fully saturated rings. The van der Waals surface area contributed by atoms with Gasteiger partial charge in [0, 0.05) is 31.1 Å². The Morgan fingerprint density at radius 1 is 1.10 bits per heavy atom. The van der Waals surface area contributed by atoms with Crippen LogP contribution in [0.5, 0.6) is 0 Å². The lowest BCUT2D eigenvalue weighted by atomic mass is 10.1. The van der Waals surface area contributed by atoms with Gasteiger partial charge in [-0.1, -0.05) is 42.0 Å². The van der Waals surface area contributed by atoms with E-state index in [9.17, 15) is 9.59 Å². The van der Waals surface area contributed by atoms with Crippen molar-refractivity contribution in [2.45, 2.75) is 19.8 Å². The summed E-state index contributed by atoms with van der Waals surface area (Å²) in [7, 11) is 3.07. The molecule has 3 aromatic rings. The molecule has 6 nitrogen and oxygen atoms in total. The van der Waals surface area contributed by atoms with E-state index in [-0.39, 0.29) is 18.3 Å². The molecule has 150 valence electrons. The molecule has 0 saturated carbocycles. The maximum atomic E-state index is 12.9. The predicted molar refractivity (Wildman–Crippen MR) is 110 cm³/mol. The van der Waals surface area contributed by atoms with E-state index >= 15 is 0 Å². The average Bonchev–Trinajstić information content (AvgIpc) is 3.23. The third-order valence-electron chi connectivity index (χ3n) is 4.68. The van der Waals surface area contributed by atoms with Gasteiger partial charge in [-0.3, -0.25) is 9.59 Å². The van der Waals surface area contributed by atoms with Crippen molar-refractivity contribution in [1.29, 1.82) is 0 Å². The van der Waals surface area contributed by atoms with Gasteiger partial charge in [0.2, 0.25) is 5.89 Å². The Bertz CT molecular complexity index is 992. The van der Waals surface area contributed by atoms with Gasteiger partial charge >= 0.3 is 5.97 Å². The van der Waals surface area contributed by atoms with Crippen LogP contribution < -0.4 is 0 Å². The first-order valence-electron chi connectivity index (χ1n) is 9.44. The van der Waals surface area contributed by atoms with Gasteiger partial charge in [0.15, 0.2) is 5.76 Å². The van der Waals surface area contributed by atoms with Gasteiger partial charge in [-0.15, -0.1) is 0 Å². The second kappa shape index (κ2) is 9.19. The summed E-state index contributed by atoms with van der Waals surface area (Å²) in [4.78, 5) is 30.2. The number of esters is 1. The molecule has 1 heterocycles. The number of ether oxygens (including phenoxy) is 1. The molecule has 0 aliphatic carbocycles. The van der Waals surface area contributed by atoms with Gasteiger partial charge in [-0.25, -0.2) is 4.98 Å². The highest BCUT2D eigenvalue weighted by Gasteiger charge is 2.19. The topological polar surface area (TPSA) is 72.6 Å². The SMILES string of the molecule is COC(=O)CCCN(C)C(=O)c1ccccc1-c1ncc(-c2ccc(C)cc2)o1. The number of aromatic nitrogens is 1. The standard InChI is InChI=1S/C23H24N2O4/c1-16-10-12-17(13-11-16)20-15-24-22(29-20)18-7-4-5-8-19(18)23(27)25(2)14-6-9-21(26)28-3/h4-5,7-8,10-13,15H,6,9,14H2,1-3H3. The first-order chi connectivity index (χ1) is 14.0. The van der Waals surface area contributed by atoms with Crippen LogP contribution in [0, 0.1) is 6.92 Å². The van der Waals surface area contributed by atoms with Gasteiger partial charge in [-0.05, 0) is 25.5 Å². The van der Waals surface area contributed by atoms with Crippen molar-refractivity contribution < 1.29 is 18.7 Å². The Kier molecular flexibility index (Phi) is 6.44. The van der Waals surface area contributed by atoms with Gasteiger partial charge in [0.1, 0.15) is 0 Å². The number of hydrogen-bond donors (Lipinski definition) is 0. The van der Waals surface area contributed by atoms with E-state index in [1.54, 1.807) is 24.2 Å². The molecular formula is C23H24N2O4. The Labute approximate surface area is 170 Å². The van der Waals surface area contributed by atoms with E-state index in [1.165, 1.54) is 12.7 Å². The zero-order valence-electron chi connectivity index (χ0n) is 16.8. The molecule has 29 heavy (non-hydrogen) atoms. The van der Waals surface area contributed by atoms with Crippen molar-refractivity contribution in [2.75, 3.05) is 20.7 Å². The van der Waals surface area contributed by atoms with Crippen LogP contribution >= 0.6 is 0 Å². The quantitative estimate of drug-likeness (QED) is 0.559. The molecule has 0 aliphatic rings. The van der Waals surface area contributed by atoms with Gasteiger partial charge in [0.05, 0.1) is 18.9 Å². The predicted octanol–water partition coefficient (Wildman–Crippen LogP) is 4.34. The number of carbonyl (C=O) groups excluding carboxylic acids is 2. The van der Waals surface area contributed by atoms with E-state index in [0.717, 1.165) is 5.56 Å². The third kappa shape index (κ3) is 4.90. The van der Waals surface area contributed by atoms with Gasteiger partial charge in [0.25, 0.3) is 5.91 Å². The monoisotopic (exact) mass is 392 g/mol. The highest BCUT2D eigenvalue weighted by atomic mass is 16.5. The van der Waals surface area contributed by atoms with E-state index < -0.39 is 0 Å². The van der Waals surface area contributed by atoms with Crippen LogP contribution in [0.2, 0.25) is 0 Å². The fraction of sp³-hybridized carbons (Fsp3) is 0.261. The average molecular weight is 392 g/mol. The number of aryl methyl sites for hydroxylation is 1. The summed E-state index contributed by atoms with van der Waals surface area (Å²) in [6.07, 6.45) is 2.48. The number of methoxy groups -OCH3 is 1. The highest BCUT2D eigenvalue weighted by Crippen LogP contribution is 2.29. The Morgan fingerprint density at radius 2 is 1.83 bits per heavy atom. The van der Waals surface area contributed by atoms with Crippen molar-refractivity contribution in [2.24, 2.45) is 0 Å². The molecule has 0 bridgehead atoms. The van der Waals surface area contributed by atoms with Crippen LogP contribution in [0.1, 0.15) is 28.8 Å².